The molecular weight excluding hydrogens is 589 g/mol. The molecule has 2 aliphatic rings. The Morgan fingerprint density at radius 2 is 1.74 bits per heavy atom. The highest BCUT2D eigenvalue weighted by Crippen LogP contribution is 2.38. The molecule has 1 aromatic heterocycles. The maximum atomic E-state index is 13.6. The van der Waals surface area contributed by atoms with Crippen molar-refractivity contribution in [3.63, 3.8) is 0 Å². The molecule has 7 nitrogen and oxygen atoms in total. The van der Waals surface area contributed by atoms with Gasteiger partial charge in [0.15, 0.2) is 11.5 Å². The van der Waals surface area contributed by atoms with Gasteiger partial charge in [0.05, 0.1) is 23.1 Å². The van der Waals surface area contributed by atoms with Gasteiger partial charge in [-0.2, -0.15) is 8.78 Å². The Bertz CT molecular complexity index is 1390. The molecule has 3 aromatic rings. The lowest BCUT2D eigenvalue weighted by Gasteiger charge is -2.27. The number of hydrogen-bond donors (Lipinski definition) is 0. The zero-order valence-electron chi connectivity index (χ0n) is 22.7. The topological polar surface area (TPSA) is 78.0 Å². The predicted octanol–water partition coefficient (Wildman–Crippen LogP) is 6.84. The third kappa shape index (κ3) is 7.69. The van der Waals surface area contributed by atoms with Crippen LogP contribution < -0.4 is 9.47 Å². The second-order valence-electron chi connectivity index (χ2n) is 10.5. The van der Waals surface area contributed by atoms with Crippen molar-refractivity contribution in [2.24, 2.45) is 5.92 Å². The third-order valence-corrected chi connectivity index (χ3v) is 8.02. The summed E-state index contributed by atoms with van der Waals surface area (Å²) in [6, 6.07) is 13.0. The molecule has 0 spiro atoms. The summed E-state index contributed by atoms with van der Waals surface area (Å²) < 4.78 is 42.8. The summed E-state index contributed by atoms with van der Waals surface area (Å²) in [6.45, 7) is -2.24. The van der Waals surface area contributed by atoms with Crippen molar-refractivity contribution in [2.75, 3.05) is 13.2 Å². The summed E-state index contributed by atoms with van der Waals surface area (Å²) in [6.07, 6.45) is 5.32. The van der Waals surface area contributed by atoms with E-state index in [9.17, 15) is 18.4 Å². The Morgan fingerprint density at radius 1 is 1.00 bits per heavy atom. The van der Waals surface area contributed by atoms with Crippen molar-refractivity contribution < 1.29 is 32.6 Å². The van der Waals surface area contributed by atoms with Gasteiger partial charge in [0.25, 0.3) is 0 Å². The molecule has 0 unspecified atom stereocenters. The van der Waals surface area contributed by atoms with E-state index in [0.29, 0.717) is 43.0 Å². The minimum absolute atomic E-state index is 0.0771. The minimum atomic E-state index is -3.04. The Labute approximate surface area is 252 Å². The van der Waals surface area contributed by atoms with Crippen LogP contribution in [0.15, 0.2) is 60.9 Å². The Kier molecular flexibility index (Phi) is 9.80. The van der Waals surface area contributed by atoms with E-state index in [1.54, 1.807) is 4.90 Å². The molecule has 222 valence electrons. The van der Waals surface area contributed by atoms with E-state index in [2.05, 4.69) is 9.72 Å². The van der Waals surface area contributed by atoms with Gasteiger partial charge in [-0.05, 0) is 60.4 Å². The average Bonchev–Trinajstić information content (AvgIpc) is 3.66. The molecule has 11 heteroatoms. The van der Waals surface area contributed by atoms with Gasteiger partial charge in [-0.15, -0.1) is 0 Å². The summed E-state index contributed by atoms with van der Waals surface area (Å²) in [5.74, 6) is -0.380. The van der Waals surface area contributed by atoms with E-state index in [1.807, 2.05) is 30.3 Å². The number of benzene rings is 2. The Morgan fingerprint density at radius 3 is 2.43 bits per heavy atom. The first-order valence-corrected chi connectivity index (χ1v) is 14.6. The Balaban J connectivity index is 1.41. The van der Waals surface area contributed by atoms with Crippen molar-refractivity contribution in [3.8, 4) is 11.5 Å². The standard InChI is InChI=1S/C31H30Cl2F2N2O5/c32-23-16-36-17-24(33)22(23)15-27(21-10-11-26(42-31(34)35)28(14-21)40-18-20-8-9-20)41-30(39)25-7-4-12-37(25)29(38)13-19-5-2-1-3-6-19/h1-3,5-6,10-11,14,16-17,20,25,27,31H,4,7-9,12-13,15,18H2/t25-,27-/m0/s1. The number of hydrogen-bond acceptors (Lipinski definition) is 6. The van der Waals surface area contributed by atoms with Gasteiger partial charge in [-0.1, -0.05) is 59.6 Å². The summed E-state index contributed by atoms with van der Waals surface area (Å²) in [5, 5.41) is 0.568. The van der Waals surface area contributed by atoms with Crippen molar-refractivity contribution in [1.29, 1.82) is 0 Å². The van der Waals surface area contributed by atoms with E-state index < -0.39 is 24.7 Å². The second kappa shape index (κ2) is 13.7. The first-order chi connectivity index (χ1) is 20.3. The molecule has 5 rings (SSSR count). The molecule has 2 heterocycles. The molecule has 1 aliphatic carbocycles. The zero-order chi connectivity index (χ0) is 29.6. The molecule has 1 saturated carbocycles. The number of halogens is 4. The largest absolute Gasteiger partial charge is 0.489 e. The number of pyridine rings is 1. The molecule has 0 N–H and O–H groups in total. The van der Waals surface area contributed by atoms with Gasteiger partial charge in [-0.25, -0.2) is 4.79 Å². The van der Waals surface area contributed by atoms with Gasteiger partial charge in [0.2, 0.25) is 5.91 Å². The third-order valence-electron chi connectivity index (χ3n) is 7.37. The average molecular weight is 619 g/mol. The highest BCUT2D eigenvalue weighted by molar-refractivity contribution is 6.35. The van der Waals surface area contributed by atoms with E-state index in [1.165, 1.54) is 30.6 Å². The summed E-state index contributed by atoms with van der Waals surface area (Å²) in [7, 11) is 0. The molecule has 1 saturated heterocycles. The lowest BCUT2D eigenvalue weighted by Crippen LogP contribution is -2.42. The second-order valence-corrected chi connectivity index (χ2v) is 11.3. The van der Waals surface area contributed by atoms with Crippen LogP contribution in [0.5, 0.6) is 11.5 Å². The predicted molar refractivity (Wildman–Crippen MR) is 153 cm³/mol. The monoisotopic (exact) mass is 618 g/mol. The smallest absolute Gasteiger partial charge is 0.387 e. The van der Waals surface area contributed by atoms with E-state index in [4.69, 9.17) is 32.7 Å². The summed E-state index contributed by atoms with van der Waals surface area (Å²) in [5.41, 5.74) is 1.83. The van der Waals surface area contributed by atoms with Crippen LogP contribution in [-0.4, -0.2) is 47.6 Å². The molecule has 2 atom stereocenters. The lowest BCUT2D eigenvalue weighted by molar-refractivity contribution is -0.158. The minimum Gasteiger partial charge on any atom is -0.489 e. The van der Waals surface area contributed by atoms with E-state index in [-0.39, 0.29) is 40.3 Å². The molecular formula is C31H30Cl2F2N2O5. The van der Waals surface area contributed by atoms with Crippen LogP contribution in [0.25, 0.3) is 0 Å². The quantitative estimate of drug-likeness (QED) is 0.207. The first kappa shape index (κ1) is 30.0. The number of carbonyl (C=O) groups excluding carboxylic acids is 2. The van der Waals surface area contributed by atoms with Gasteiger partial charge in [-0.3, -0.25) is 9.78 Å². The molecule has 1 aliphatic heterocycles. The maximum Gasteiger partial charge on any atom is 0.387 e. The number of esters is 1. The zero-order valence-corrected chi connectivity index (χ0v) is 24.2. The van der Waals surface area contributed by atoms with Crippen molar-refractivity contribution >= 4 is 35.1 Å². The van der Waals surface area contributed by atoms with Crippen LogP contribution >= 0.6 is 23.2 Å². The number of likely N-dealkylation sites (tertiary alicyclic amines) is 1. The highest BCUT2D eigenvalue weighted by Gasteiger charge is 2.37. The van der Waals surface area contributed by atoms with Crippen LogP contribution in [0.4, 0.5) is 8.78 Å². The number of alkyl halides is 2. The molecule has 2 fully saturated rings. The highest BCUT2D eigenvalue weighted by atomic mass is 35.5. The number of ether oxygens (including phenoxy) is 3. The number of carbonyl (C=O) groups is 2. The lowest BCUT2D eigenvalue weighted by atomic mass is 10.0. The van der Waals surface area contributed by atoms with Gasteiger partial charge in [0, 0.05) is 25.4 Å². The first-order valence-electron chi connectivity index (χ1n) is 13.8. The number of aromatic nitrogens is 1. The normalized spacial score (nSPS) is 17.3. The van der Waals surface area contributed by atoms with Crippen molar-refractivity contribution in [1.82, 2.24) is 9.88 Å². The molecule has 0 radical (unpaired) electrons. The van der Waals surface area contributed by atoms with E-state index in [0.717, 1.165) is 18.4 Å². The van der Waals surface area contributed by atoms with Gasteiger partial charge >= 0.3 is 12.6 Å². The molecule has 0 bridgehead atoms. The number of nitrogens with zero attached hydrogens (tertiary/aromatic N) is 2. The van der Waals surface area contributed by atoms with Gasteiger partial charge < -0.3 is 19.1 Å². The number of amides is 1. The van der Waals surface area contributed by atoms with Crippen LogP contribution in [0.1, 0.15) is 48.5 Å². The molecule has 2 aromatic carbocycles. The summed E-state index contributed by atoms with van der Waals surface area (Å²) >= 11 is 12.8. The fourth-order valence-corrected chi connectivity index (χ4v) is 5.49. The fraction of sp³-hybridized carbons (Fsp3) is 0.387. The molecule has 1 amide bonds. The van der Waals surface area contributed by atoms with Crippen LogP contribution in [0.2, 0.25) is 10.0 Å². The SMILES string of the molecule is O=C(O[C@@H](Cc1c(Cl)cncc1Cl)c1ccc(OC(F)F)c(OCC2CC2)c1)[C@@H]1CCCN1C(=O)Cc1ccccc1. The van der Waals surface area contributed by atoms with Crippen LogP contribution in [0, 0.1) is 5.92 Å². The Hall–Kier alpha value is -3.43. The van der Waals surface area contributed by atoms with Crippen molar-refractivity contribution in [2.45, 2.75) is 57.3 Å². The number of rotatable bonds is 12. The van der Waals surface area contributed by atoms with E-state index >= 15 is 0 Å². The van der Waals surface area contributed by atoms with Crippen molar-refractivity contribution in [3.05, 3.63) is 87.7 Å². The van der Waals surface area contributed by atoms with Gasteiger partial charge in [0.1, 0.15) is 12.1 Å². The van der Waals surface area contributed by atoms with Crippen LogP contribution in [-0.2, 0) is 27.2 Å². The fourth-order valence-electron chi connectivity index (χ4n) is 4.97. The maximum absolute atomic E-state index is 13.6. The summed E-state index contributed by atoms with van der Waals surface area (Å²) in [4.78, 5) is 32.3. The molecule has 42 heavy (non-hydrogen) atoms. The van der Waals surface area contributed by atoms with Crippen LogP contribution in [0.3, 0.4) is 0 Å².